The molecule has 0 aliphatic rings. The molecule has 0 unspecified atom stereocenters. The average Bonchev–Trinajstić information content (AvgIpc) is 2.56. The standard InChI is InChI=1S/C20H17N/c1-16-10-8-9-15-19(16)21-20(17-11-4-2-5-12-17)18-13-6-3-7-14-18/h2-15H,1H3. The van der Waals surface area contributed by atoms with Gasteiger partial charge in [0.2, 0.25) is 0 Å². The van der Waals surface area contributed by atoms with E-state index in [-0.39, 0.29) is 0 Å². The maximum Gasteiger partial charge on any atom is 0.0781 e. The van der Waals surface area contributed by atoms with Gasteiger partial charge in [-0.05, 0) is 18.6 Å². The molecule has 0 saturated heterocycles. The fraction of sp³-hybridized carbons (Fsp3) is 0.0500. The second-order valence-electron chi connectivity index (χ2n) is 4.98. The quantitative estimate of drug-likeness (QED) is 0.583. The van der Waals surface area contributed by atoms with Crippen molar-refractivity contribution in [3.8, 4) is 0 Å². The van der Waals surface area contributed by atoms with Crippen LogP contribution in [0.5, 0.6) is 0 Å². The Morgan fingerprint density at radius 3 is 1.62 bits per heavy atom. The van der Waals surface area contributed by atoms with E-state index in [1.54, 1.807) is 0 Å². The van der Waals surface area contributed by atoms with Crippen molar-refractivity contribution in [1.29, 1.82) is 0 Å². The second kappa shape index (κ2) is 6.19. The van der Waals surface area contributed by atoms with Gasteiger partial charge in [0, 0.05) is 11.1 Å². The van der Waals surface area contributed by atoms with E-state index in [1.165, 1.54) is 5.56 Å². The van der Waals surface area contributed by atoms with Crippen molar-refractivity contribution in [3.63, 3.8) is 0 Å². The molecule has 0 aliphatic carbocycles. The van der Waals surface area contributed by atoms with E-state index in [9.17, 15) is 0 Å². The van der Waals surface area contributed by atoms with Gasteiger partial charge in [-0.2, -0.15) is 0 Å². The zero-order chi connectivity index (χ0) is 14.5. The summed E-state index contributed by atoms with van der Waals surface area (Å²) < 4.78 is 0. The molecule has 0 amide bonds. The number of rotatable bonds is 3. The summed E-state index contributed by atoms with van der Waals surface area (Å²) in [5, 5.41) is 0. The zero-order valence-electron chi connectivity index (χ0n) is 12.0. The molecule has 21 heavy (non-hydrogen) atoms. The molecule has 0 saturated carbocycles. The molecule has 0 heterocycles. The lowest BCUT2D eigenvalue weighted by atomic mass is 10.0. The van der Waals surface area contributed by atoms with Crippen molar-refractivity contribution in [2.24, 2.45) is 4.99 Å². The Kier molecular flexibility index (Phi) is 3.92. The van der Waals surface area contributed by atoms with Crippen molar-refractivity contribution < 1.29 is 0 Å². The summed E-state index contributed by atoms with van der Waals surface area (Å²) in [6.07, 6.45) is 0. The third-order valence-corrected chi connectivity index (χ3v) is 3.44. The van der Waals surface area contributed by atoms with Crippen LogP contribution in [-0.2, 0) is 0 Å². The van der Waals surface area contributed by atoms with Crippen LogP contribution in [0.2, 0.25) is 0 Å². The van der Waals surface area contributed by atoms with Crippen LogP contribution in [0.4, 0.5) is 5.69 Å². The monoisotopic (exact) mass is 271 g/mol. The summed E-state index contributed by atoms with van der Waals surface area (Å²) in [6.45, 7) is 2.09. The number of nitrogens with zero attached hydrogens (tertiary/aromatic N) is 1. The summed E-state index contributed by atoms with van der Waals surface area (Å²) in [6, 6.07) is 28.9. The minimum absolute atomic E-state index is 1.01. The minimum atomic E-state index is 1.01. The third-order valence-electron chi connectivity index (χ3n) is 3.44. The van der Waals surface area contributed by atoms with Crippen LogP contribution >= 0.6 is 0 Å². The van der Waals surface area contributed by atoms with Gasteiger partial charge in [0.25, 0.3) is 0 Å². The predicted molar refractivity (Wildman–Crippen MR) is 89.4 cm³/mol. The number of para-hydroxylation sites is 1. The fourth-order valence-electron chi connectivity index (χ4n) is 2.30. The van der Waals surface area contributed by atoms with Gasteiger partial charge in [-0.1, -0.05) is 78.9 Å². The van der Waals surface area contributed by atoms with E-state index in [2.05, 4.69) is 43.3 Å². The molecule has 1 heteroatoms. The Bertz CT molecular complexity index is 702. The van der Waals surface area contributed by atoms with E-state index in [4.69, 9.17) is 4.99 Å². The van der Waals surface area contributed by atoms with Gasteiger partial charge >= 0.3 is 0 Å². The van der Waals surface area contributed by atoms with Gasteiger partial charge in [0.15, 0.2) is 0 Å². The highest BCUT2D eigenvalue weighted by Gasteiger charge is 2.07. The highest BCUT2D eigenvalue weighted by Crippen LogP contribution is 2.21. The van der Waals surface area contributed by atoms with Crippen molar-refractivity contribution in [2.45, 2.75) is 6.92 Å². The van der Waals surface area contributed by atoms with Crippen LogP contribution in [-0.4, -0.2) is 5.71 Å². The molecule has 0 spiro atoms. The SMILES string of the molecule is Cc1ccccc1N=C(c1ccccc1)c1ccccc1. The van der Waals surface area contributed by atoms with Crippen molar-refractivity contribution in [2.75, 3.05) is 0 Å². The number of hydrogen-bond donors (Lipinski definition) is 0. The number of aliphatic imine (C=N–C) groups is 1. The Balaban J connectivity index is 2.16. The van der Waals surface area contributed by atoms with E-state index in [0.29, 0.717) is 0 Å². The first kappa shape index (κ1) is 13.3. The first-order valence-corrected chi connectivity index (χ1v) is 7.10. The van der Waals surface area contributed by atoms with Gasteiger partial charge < -0.3 is 0 Å². The van der Waals surface area contributed by atoms with Gasteiger partial charge in [0.1, 0.15) is 0 Å². The van der Waals surface area contributed by atoms with E-state index in [1.807, 2.05) is 48.5 Å². The largest absolute Gasteiger partial charge is 0.248 e. The first-order valence-electron chi connectivity index (χ1n) is 7.10. The molecule has 0 atom stereocenters. The second-order valence-corrected chi connectivity index (χ2v) is 4.98. The van der Waals surface area contributed by atoms with Crippen LogP contribution in [0.1, 0.15) is 16.7 Å². The van der Waals surface area contributed by atoms with Crippen LogP contribution in [0, 0.1) is 6.92 Å². The summed E-state index contributed by atoms with van der Waals surface area (Å²) >= 11 is 0. The number of aryl methyl sites for hydroxylation is 1. The zero-order valence-corrected chi connectivity index (χ0v) is 12.0. The lowest BCUT2D eigenvalue weighted by Crippen LogP contribution is -2.02. The first-order chi connectivity index (χ1) is 10.3. The van der Waals surface area contributed by atoms with Gasteiger partial charge in [-0.15, -0.1) is 0 Å². The van der Waals surface area contributed by atoms with Crippen LogP contribution in [0.25, 0.3) is 0 Å². The molecule has 102 valence electrons. The molecule has 0 bridgehead atoms. The molecule has 1 nitrogen and oxygen atoms in total. The molecule has 0 fully saturated rings. The molecule has 0 radical (unpaired) electrons. The molecule has 0 aromatic heterocycles. The fourth-order valence-corrected chi connectivity index (χ4v) is 2.30. The highest BCUT2D eigenvalue weighted by molar-refractivity contribution is 6.14. The molecule has 0 aliphatic heterocycles. The molecule has 3 aromatic rings. The molecule has 0 N–H and O–H groups in total. The Morgan fingerprint density at radius 2 is 1.10 bits per heavy atom. The molecular weight excluding hydrogens is 254 g/mol. The predicted octanol–water partition coefficient (Wildman–Crippen LogP) is 5.16. The topological polar surface area (TPSA) is 12.4 Å². The lowest BCUT2D eigenvalue weighted by Gasteiger charge is -2.08. The minimum Gasteiger partial charge on any atom is -0.248 e. The normalized spacial score (nSPS) is 10.1. The smallest absolute Gasteiger partial charge is 0.0781 e. The number of benzene rings is 3. The lowest BCUT2D eigenvalue weighted by molar-refractivity contribution is 1.39. The van der Waals surface area contributed by atoms with Gasteiger partial charge in [-0.3, -0.25) is 0 Å². The molecule has 3 rings (SSSR count). The van der Waals surface area contributed by atoms with Crippen LogP contribution < -0.4 is 0 Å². The van der Waals surface area contributed by atoms with Crippen LogP contribution in [0.3, 0.4) is 0 Å². The van der Waals surface area contributed by atoms with Crippen molar-refractivity contribution in [1.82, 2.24) is 0 Å². The Hall–Kier alpha value is -2.67. The maximum absolute atomic E-state index is 4.92. The van der Waals surface area contributed by atoms with E-state index in [0.717, 1.165) is 22.5 Å². The third kappa shape index (κ3) is 3.09. The van der Waals surface area contributed by atoms with E-state index >= 15 is 0 Å². The van der Waals surface area contributed by atoms with Crippen molar-refractivity contribution >= 4 is 11.4 Å². The van der Waals surface area contributed by atoms with Gasteiger partial charge in [-0.25, -0.2) is 4.99 Å². The van der Waals surface area contributed by atoms with Gasteiger partial charge in [0.05, 0.1) is 11.4 Å². The van der Waals surface area contributed by atoms with Crippen LogP contribution in [0.15, 0.2) is 89.9 Å². The summed E-state index contributed by atoms with van der Waals surface area (Å²) in [4.78, 5) is 4.92. The molecule has 3 aromatic carbocycles. The molecular formula is C20H17N. The average molecular weight is 271 g/mol. The maximum atomic E-state index is 4.92. The van der Waals surface area contributed by atoms with E-state index < -0.39 is 0 Å². The number of hydrogen-bond acceptors (Lipinski definition) is 1. The summed E-state index contributed by atoms with van der Waals surface area (Å²) in [5.74, 6) is 0. The summed E-state index contributed by atoms with van der Waals surface area (Å²) in [7, 11) is 0. The van der Waals surface area contributed by atoms with Crippen molar-refractivity contribution in [3.05, 3.63) is 102 Å². The highest BCUT2D eigenvalue weighted by atomic mass is 14.8. The Labute approximate surface area is 125 Å². The summed E-state index contributed by atoms with van der Waals surface area (Å²) in [5.41, 5.74) is 5.46. The Morgan fingerprint density at radius 1 is 0.619 bits per heavy atom.